The number of carboxylic acid groups (broad SMARTS) is 1. The highest BCUT2D eigenvalue weighted by Gasteiger charge is 2.03. The summed E-state index contributed by atoms with van der Waals surface area (Å²) in [5.74, 6) is -0.924. The van der Waals surface area contributed by atoms with Crippen LogP contribution in [0.15, 0.2) is 12.2 Å². The summed E-state index contributed by atoms with van der Waals surface area (Å²) >= 11 is 0. The minimum absolute atomic E-state index is 0.251. The lowest BCUT2D eigenvalue weighted by Crippen LogP contribution is -2.01. The lowest BCUT2D eigenvalue weighted by Gasteiger charge is -2.03. The van der Waals surface area contributed by atoms with E-state index < -0.39 is 5.97 Å². The first-order valence-electron chi connectivity index (χ1n) is 4.13. The molecule has 0 amide bonds. The number of aliphatic carboxylic acids is 1. The summed E-state index contributed by atoms with van der Waals surface area (Å²) in [6.07, 6.45) is 2.60. The van der Waals surface area contributed by atoms with E-state index in [9.17, 15) is 4.79 Å². The normalized spacial score (nSPS) is 12.5. The molecule has 0 spiro atoms. The second-order valence-electron chi connectivity index (χ2n) is 3.00. The van der Waals surface area contributed by atoms with Gasteiger partial charge in [-0.1, -0.05) is 13.0 Å². The lowest BCUT2D eigenvalue weighted by molar-refractivity contribution is -0.132. The molecule has 0 radical (unpaired) electrons. The Hall–Kier alpha value is -0.830. The Morgan fingerprint density at radius 3 is 2.50 bits per heavy atom. The molecule has 1 atom stereocenters. The quantitative estimate of drug-likeness (QED) is 0.472. The number of carbonyl (C=O) groups is 1. The van der Waals surface area contributed by atoms with Crippen LogP contribution in [0.25, 0.3) is 0 Å². The Bertz CT molecular complexity index is 161. The number of hydrogen-bond acceptors (Lipinski definition) is 2. The molecule has 0 aromatic heterocycles. The van der Waals surface area contributed by atoms with Crippen molar-refractivity contribution < 1.29 is 15.0 Å². The van der Waals surface area contributed by atoms with Crippen molar-refractivity contribution in [1.29, 1.82) is 0 Å². The molecule has 0 aromatic carbocycles. The van der Waals surface area contributed by atoms with Crippen molar-refractivity contribution in [2.75, 3.05) is 0 Å². The molecule has 70 valence electrons. The third-order valence-corrected chi connectivity index (χ3v) is 1.65. The molecule has 0 aromatic rings. The molecule has 0 fully saturated rings. The Labute approximate surface area is 72.7 Å². The summed E-state index contributed by atoms with van der Waals surface area (Å²) in [6.45, 7) is 5.14. The highest BCUT2D eigenvalue weighted by atomic mass is 16.4. The first-order valence-corrected chi connectivity index (χ1v) is 4.13. The van der Waals surface area contributed by atoms with Crippen LogP contribution >= 0.6 is 0 Å². The lowest BCUT2D eigenvalue weighted by atomic mass is 10.1. The van der Waals surface area contributed by atoms with E-state index in [4.69, 9.17) is 10.2 Å². The second-order valence-corrected chi connectivity index (χ2v) is 3.00. The minimum atomic E-state index is -0.924. The van der Waals surface area contributed by atoms with E-state index in [1.165, 1.54) is 0 Å². The van der Waals surface area contributed by atoms with Crippen molar-refractivity contribution in [1.82, 2.24) is 0 Å². The average molecular weight is 172 g/mol. The summed E-state index contributed by atoms with van der Waals surface area (Å²) in [5, 5.41) is 17.3. The molecule has 2 N–H and O–H groups in total. The SMILES string of the molecule is C=C(CCCC[C@H](C)O)C(=O)O. The van der Waals surface area contributed by atoms with E-state index in [0.29, 0.717) is 6.42 Å². The van der Waals surface area contributed by atoms with Gasteiger partial charge in [-0.05, 0) is 26.2 Å². The van der Waals surface area contributed by atoms with Gasteiger partial charge in [0.05, 0.1) is 6.10 Å². The summed E-state index contributed by atoms with van der Waals surface area (Å²) < 4.78 is 0. The molecule has 0 bridgehead atoms. The zero-order chi connectivity index (χ0) is 9.56. The average Bonchev–Trinajstić information content (AvgIpc) is 1.97. The Morgan fingerprint density at radius 1 is 1.50 bits per heavy atom. The van der Waals surface area contributed by atoms with E-state index in [0.717, 1.165) is 19.3 Å². The molecule has 0 aliphatic heterocycles. The Kier molecular flexibility index (Phi) is 5.37. The van der Waals surface area contributed by atoms with Crippen LogP contribution in [0.5, 0.6) is 0 Å². The molecule has 0 unspecified atom stereocenters. The van der Waals surface area contributed by atoms with Crippen LogP contribution in [-0.2, 0) is 4.79 Å². The van der Waals surface area contributed by atoms with Crippen molar-refractivity contribution in [2.45, 2.75) is 38.7 Å². The number of hydrogen-bond donors (Lipinski definition) is 2. The highest BCUT2D eigenvalue weighted by Crippen LogP contribution is 2.08. The smallest absolute Gasteiger partial charge is 0.330 e. The molecule has 12 heavy (non-hydrogen) atoms. The molecular weight excluding hydrogens is 156 g/mol. The molecule has 0 aliphatic carbocycles. The standard InChI is InChI=1S/C9H16O3/c1-7(9(11)12)5-3-4-6-8(2)10/h8,10H,1,3-6H2,2H3,(H,11,12)/t8-/m0/s1. The van der Waals surface area contributed by atoms with Gasteiger partial charge in [0.1, 0.15) is 0 Å². The van der Waals surface area contributed by atoms with Crippen LogP contribution in [0.4, 0.5) is 0 Å². The number of rotatable bonds is 6. The summed E-state index contributed by atoms with van der Waals surface area (Å²) in [5.41, 5.74) is 0.251. The van der Waals surface area contributed by atoms with Crippen molar-refractivity contribution in [3.05, 3.63) is 12.2 Å². The van der Waals surface area contributed by atoms with Crippen molar-refractivity contribution >= 4 is 5.97 Å². The summed E-state index contributed by atoms with van der Waals surface area (Å²) in [4.78, 5) is 10.3. The van der Waals surface area contributed by atoms with Crippen molar-refractivity contribution in [3.63, 3.8) is 0 Å². The van der Waals surface area contributed by atoms with Crippen molar-refractivity contribution in [2.24, 2.45) is 0 Å². The van der Waals surface area contributed by atoms with Crippen LogP contribution in [-0.4, -0.2) is 22.3 Å². The van der Waals surface area contributed by atoms with Gasteiger partial charge in [0.25, 0.3) is 0 Å². The predicted octanol–water partition coefficient (Wildman–Crippen LogP) is 1.57. The van der Waals surface area contributed by atoms with Crippen LogP contribution in [0.2, 0.25) is 0 Å². The van der Waals surface area contributed by atoms with Crippen molar-refractivity contribution in [3.8, 4) is 0 Å². The van der Waals surface area contributed by atoms with Crippen LogP contribution in [0.3, 0.4) is 0 Å². The van der Waals surface area contributed by atoms with Crippen LogP contribution in [0.1, 0.15) is 32.6 Å². The monoisotopic (exact) mass is 172 g/mol. The Balaban J connectivity index is 3.32. The van der Waals surface area contributed by atoms with Gasteiger partial charge < -0.3 is 10.2 Å². The first-order chi connectivity index (χ1) is 5.54. The zero-order valence-corrected chi connectivity index (χ0v) is 7.42. The molecule has 0 saturated heterocycles. The first kappa shape index (κ1) is 11.2. The van der Waals surface area contributed by atoms with Gasteiger partial charge in [0.2, 0.25) is 0 Å². The fourth-order valence-corrected chi connectivity index (χ4v) is 0.885. The minimum Gasteiger partial charge on any atom is -0.478 e. The second kappa shape index (κ2) is 5.77. The van der Waals surface area contributed by atoms with E-state index in [1.807, 2.05) is 0 Å². The number of aliphatic hydroxyl groups excluding tert-OH is 1. The van der Waals surface area contributed by atoms with Crippen LogP contribution in [0, 0.1) is 0 Å². The summed E-state index contributed by atoms with van der Waals surface area (Å²) in [7, 11) is 0. The predicted molar refractivity (Wildman–Crippen MR) is 46.9 cm³/mol. The summed E-state index contributed by atoms with van der Waals surface area (Å²) in [6, 6.07) is 0. The van der Waals surface area contributed by atoms with Gasteiger partial charge in [-0.3, -0.25) is 0 Å². The maximum absolute atomic E-state index is 10.3. The van der Waals surface area contributed by atoms with E-state index in [1.54, 1.807) is 6.92 Å². The Morgan fingerprint density at radius 2 is 2.08 bits per heavy atom. The van der Waals surface area contributed by atoms with Gasteiger partial charge >= 0.3 is 5.97 Å². The number of aliphatic hydroxyl groups is 1. The molecule has 0 heterocycles. The largest absolute Gasteiger partial charge is 0.478 e. The third-order valence-electron chi connectivity index (χ3n) is 1.65. The third kappa shape index (κ3) is 5.92. The van der Waals surface area contributed by atoms with E-state index in [-0.39, 0.29) is 11.7 Å². The van der Waals surface area contributed by atoms with E-state index >= 15 is 0 Å². The molecular formula is C9H16O3. The fraction of sp³-hybridized carbons (Fsp3) is 0.667. The zero-order valence-electron chi connectivity index (χ0n) is 7.42. The molecule has 0 aliphatic rings. The highest BCUT2D eigenvalue weighted by molar-refractivity contribution is 5.85. The molecule has 0 saturated carbocycles. The number of unbranched alkanes of at least 4 members (excludes halogenated alkanes) is 1. The molecule has 0 rings (SSSR count). The van der Waals surface area contributed by atoms with Crippen LogP contribution < -0.4 is 0 Å². The van der Waals surface area contributed by atoms with Gasteiger partial charge in [-0.25, -0.2) is 4.79 Å². The maximum atomic E-state index is 10.3. The van der Waals surface area contributed by atoms with Gasteiger partial charge in [0, 0.05) is 5.57 Å². The van der Waals surface area contributed by atoms with Gasteiger partial charge in [-0.15, -0.1) is 0 Å². The molecule has 3 nitrogen and oxygen atoms in total. The van der Waals surface area contributed by atoms with Gasteiger partial charge in [0.15, 0.2) is 0 Å². The van der Waals surface area contributed by atoms with Gasteiger partial charge in [-0.2, -0.15) is 0 Å². The topological polar surface area (TPSA) is 57.5 Å². The fourth-order valence-electron chi connectivity index (χ4n) is 0.885. The molecule has 3 heteroatoms. The van der Waals surface area contributed by atoms with E-state index in [2.05, 4.69) is 6.58 Å². The maximum Gasteiger partial charge on any atom is 0.330 e. The number of carboxylic acids is 1.